The van der Waals surface area contributed by atoms with Crippen molar-refractivity contribution in [3.8, 4) is 0 Å². The van der Waals surface area contributed by atoms with Crippen LogP contribution in [0.25, 0.3) is 0 Å². The number of carbonyl (C=O) groups is 2. The lowest BCUT2D eigenvalue weighted by Gasteiger charge is -2.20. The number of rotatable bonds is 6. The highest BCUT2D eigenvalue weighted by molar-refractivity contribution is 7.99. The minimum Gasteiger partial charge on any atom is -0.479 e. The van der Waals surface area contributed by atoms with E-state index in [1.807, 2.05) is 11.8 Å². The SMILES string of the molecule is CCSC1CCCC1NC(=O)NCC(O)C(=O)O. The van der Waals surface area contributed by atoms with E-state index in [-0.39, 0.29) is 12.6 Å². The molecule has 2 amide bonds. The van der Waals surface area contributed by atoms with Crippen molar-refractivity contribution in [3.63, 3.8) is 0 Å². The van der Waals surface area contributed by atoms with Crippen molar-refractivity contribution in [1.82, 2.24) is 10.6 Å². The van der Waals surface area contributed by atoms with Crippen LogP contribution in [0.15, 0.2) is 0 Å². The number of urea groups is 1. The van der Waals surface area contributed by atoms with Crippen LogP contribution < -0.4 is 10.6 Å². The van der Waals surface area contributed by atoms with Crippen molar-refractivity contribution in [2.24, 2.45) is 0 Å². The number of carboxylic acid groups (broad SMARTS) is 1. The third kappa shape index (κ3) is 4.73. The lowest BCUT2D eigenvalue weighted by Crippen LogP contribution is -2.47. The van der Waals surface area contributed by atoms with Crippen molar-refractivity contribution >= 4 is 23.8 Å². The van der Waals surface area contributed by atoms with Gasteiger partial charge in [-0.2, -0.15) is 11.8 Å². The minimum absolute atomic E-state index is 0.136. The molecule has 1 aliphatic carbocycles. The van der Waals surface area contributed by atoms with Crippen molar-refractivity contribution in [2.45, 2.75) is 43.6 Å². The fourth-order valence-electron chi connectivity index (χ4n) is 2.00. The summed E-state index contributed by atoms with van der Waals surface area (Å²) >= 11 is 1.83. The Morgan fingerprint density at radius 3 is 2.78 bits per heavy atom. The predicted octanol–water partition coefficient (Wildman–Crippen LogP) is 0.405. The largest absolute Gasteiger partial charge is 0.479 e. The van der Waals surface area contributed by atoms with E-state index >= 15 is 0 Å². The summed E-state index contributed by atoms with van der Waals surface area (Å²) in [6.07, 6.45) is 1.59. The molecule has 0 spiro atoms. The van der Waals surface area contributed by atoms with Gasteiger partial charge < -0.3 is 20.8 Å². The molecule has 0 aromatic rings. The van der Waals surface area contributed by atoms with Gasteiger partial charge in [-0.25, -0.2) is 9.59 Å². The third-order valence-corrected chi connectivity index (χ3v) is 4.22. The van der Waals surface area contributed by atoms with E-state index in [2.05, 4.69) is 17.6 Å². The Labute approximate surface area is 111 Å². The highest BCUT2D eigenvalue weighted by Crippen LogP contribution is 2.29. The molecule has 18 heavy (non-hydrogen) atoms. The van der Waals surface area contributed by atoms with Gasteiger partial charge in [0.15, 0.2) is 6.10 Å². The summed E-state index contributed by atoms with van der Waals surface area (Å²) < 4.78 is 0. The number of hydrogen-bond acceptors (Lipinski definition) is 4. The minimum atomic E-state index is -1.56. The fourth-order valence-corrected chi connectivity index (χ4v) is 3.20. The van der Waals surface area contributed by atoms with Crippen molar-refractivity contribution in [3.05, 3.63) is 0 Å². The number of aliphatic hydroxyl groups excluding tert-OH is 1. The second-order valence-corrected chi connectivity index (χ2v) is 5.76. The van der Waals surface area contributed by atoms with Gasteiger partial charge in [0.25, 0.3) is 0 Å². The van der Waals surface area contributed by atoms with Gasteiger partial charge >= 0.3 is 12.0 Å². The zero-order valence-corrected chi connectivity index (χ0v) is 11.2. The van der Waals surface area contributed by atoms with Crippen LogP contribution in [0.4, 0.5) is 4.79 Å². The van der Waals surface area contributed by atoms with Gasteiger partial charge in [0.2, 0.25) is 0 Å². The number of amides is 2. The zero-order chi connectivity index (χ0) is 13.5. The monoisotopic (exact) mass is 276 g/mol. The van der Waals surface area contributed by atoms with E-state index in [1.165, 1.54) is 0 Å². The van der Waals surface area contributed by atoms with E-state index in [4.69, 9.17) is 10.2 Å². The van der Waals surface area contributed by atoms with E-state index in [1.54, 1.807) is 0 Å². The molecule has 1 saturated carbocycles. The van der Waals surface area contributed by atoms with Crippen LogP contribution in [-0.4, -0.2) is 51.9 Å². The highest BCUT2D eigenvalue weighted by atomic mass is 32.2. The molecule has 6 nitrogen and oxygen atoms in total. The maximum absolute atomic E-state index is 11.5. The topological polar surface area (TPSA) is 98.7 Å². The third-order valence-electron chi connectivity index (χ3n) is 2.89. The second-order valence-electron chi connectivity index (χ2n) is 4.24. The molecule has 7 heteroatoms. The number of aliphatic hydroxyl groups is 1. The maximum Gasteiger partial charge on any atom is 0.334 e. The van der Waals surface area contributed by atoms with Gasteiger partial charge in [-0.15, -0.1) is 0 Å². The van der Waals surface area contributed by atoms with E-state index in [0.29, 0.717) is 5.25 Å². The van der Waals surface area contributed by atoms with Crippen LogP contribution in [0.1, 0.15) is 26.2 Å². The Hall–Kier alpha value is -0.950. The number of carboxylic acids is 1. The Kier molecular flexibility index (Phi) is 6.28. The summed E-state index contributed by atoms with van der Waals surface area (Å²) in [6.45, 7) is 1.81. The lowest BCUT2D eigenvalue weighted by atomic mass is 10.2. The van der Waals surface area contributed by atoms with E-state index in [9.17, 15) is 9.59 Å². The van der Waals surface area contributed by atoms with Crippen molar-refractivity contribution < 1.29 is 19.8 Å². The first-order valence-electron chi connectivity index (χ1n) is 6.11. The average Bonchev–Trinajstić information content (AvgIpc) is 2.74. The molecule has 1 rings (SSSR count). The standard InChI is InChI=1S/C11H20N2O4S/c1-2-18-9-5-3-4-7(9)13-11(17)12-6-8(14)10(15)16/h7-9,14H,2-6H2,1H3,(H,15,16)(H2,12,13,17). The average molecular weight is 276 g/mol. The Bertz CT molecular complexity index is 301. The summed E-state index contributed by atoms with van der Waals surface area (Å²) in [7, 11) is 0. The second kappa shape index (κ2) is 7.48. The van der Waals surface area contributed by atoms with Crippen LogP contribution in [0.5, 0.6) is 0 Å². The van der Waals surface area contributed by atoms with Gasteiger partial charge in [0, 0.05) is 11.3 Å². The molecule has 3 unspecified atom stereocenters. The summed E-state index contributed by atoms with van der Waals surface area (Å²) in [5.41, 5.74) is 0. The Balaban J connectivity index is 2.29. The van der Waals surface area contributed by atoms with Crippen LogP contribution in [0.2, 0.25) is 0 Å². The summed E-state index contributed by atoms with van der Waals surface area (Å²) in [5.74, 6) is -0.321. The number of carbonyl (C=O) groups excluding carboxylic acids is 1. The predicted molar refractivity (Wildman–Crippen MR) is 69.7 cm³/mol. The molecule has 0 radical (unpaired) electrons. The quantitative estimate of drug-likeness (QED) is 0.563. The van der Waals surface area contributed by atoms with Crippen LogP contribution in [-0.2, 0) is 4.79 Å². The first kappa shape index (κ1) is 15.1. The molecule has 0 saturated heterocycles. The Morgan fingerprint density at radius 1 is 1.44 bits per heavy atom. The molecular weight excluding hydrogens is 256 g/mol. The molecule has 4 N–H and O–H groups in total. The van der Waals surface area contributed by atoms with Crippen molar-refractivity contribution in [2.75, 3.05) is 12.3 Å². The van der Waals surface area contributed by atoms with Gasteiger partial charge in [0.1, 0.15) is 0 Å². The summed E-state index contributed by atoms with van der Waals surface area (Å²) in [4.78, 5) is 21.9. The highest BCUT2D eigenvalue weighted by Gasteiger charge is 2.28. The maximum atomic E-state index is 11.5. The first-order valence-corrected chi connectivity index (χ1v) is 7.16. The van der Waals surface area contributed by atoms with Gasteiger partial charge in [-0.05, 0) is 18.6 Å². The molecule has 1 fully saturated rings. The molecule has 1 aliphatic rings. The first-order chi connectivity index (χ1) is 8.54. The van der Waals surface area contributed by atoms with E-state index < -0.39 is 18.1 Å². The van der Waals surface area contributed by atoms with Crippen LogP contribution in [0, 0.1) is 0 Å². The number of aliphatic carboxylic acids is 1. The molecule has 0 aliphatic heterocycles. The van der Waals surface area contributed by atoms with Gasteiger partial charge in [-0.3, -0.25) is 0 Å². The van der Waals surface area contributed by atoms with E-state index in [0.717, 1.165) is 25.0 Å². The molecule has 0 bridgehead atoms. The number of nitrogens with one attached hydrogen (secondary N) is 2. The summed E-state index contributed by atoms with van der Waals surface area (Å²) in [6, 6.07) is -0.277. The molecule has 0 aromatic heterocycles. The van der Waals surface area contributed by atoms with Gasteiger partial charge in [-0.1, -0.05) is 13.3 Å². The zero-order valence-electron chi connectivity index (χ0n) is 10.4. The van der Waals surface area contributed by atoms with Crippen LogP contribution in [0.3, 0.4) is 0 Å². The molecule has 3 atom stereocenters. The molecule has 104 valence electrons. The Morgan fingerprint density at radius 2 is 2.17 bits per heavy atom. The van der Waals surface area contributed by atoms with Crippen molar-refractivity contribution in [1.29, 1.82) is 0 Å². The molecule has 0 heterocycles. The fraction of sp³-hybridized carbons (Fsp3) is 0.818. The number of thioether (sulfide) groups is 1. The molecular formula is C11H20N2O4S. The van der Waals surface area contributed by atoms with Crippen LogP contribution >= 0.6 is 11.8 Å². The van der Waals surface area contributed by atoms with Gasteiger partial charge in [0.05, 0.1) is 6.54 Å². The lowest BCUT2D eigenvalue weighted by molar-refractivity contribution is -0.146. The summed E-state index contributed by atoms with van der Waals surface area (Å²) in [5, 5.41) is 23.1. The number of hydrogen-bond donors (Lipinski definition) is 4. The normalized spacial score (nSPS) is 24.6. The molecule has 0 aromatic carbocycles. The smallest absolute Gasteiger partial charge is 0.334 e.